The van der Waals surface area contributed by atoms with E-state index in [0.29, 0.717) is 17.4 Å². The molecule has 1 saturated carbocycles. The van der Waals surface area contributed by atoms with E-state index >= 15 is 0 Å². The molecule has 1 amide bonds. The molecule has 0 aliphatic heterocycles. The van der Waals surface area contributed by atoms with Crippen LogP contribution in [-0.4, -0.2) is 16.1 Å². The summed E-state index contributed by atoms with van der Waals surface area (Å²) in [7, 11) is 0. The summed E-state index contributed by atoms with van der Waals surface area (Å²) in [5.41, 5.74) is 0.336. The smallest absolute Gasteiger partial charge is 0.322 e. The van der Waals surface area contributed by atoms with Gasteiger partial charge in [-0.2, -0.15) is 0 Å². The second-order valence-corrected chi connectivity index (χ2v) is 4.18. The van der Waals surface area contributed by atoms with E-state index in [0.717, 1.165) is 12.8 Å². The number of rotatable bonds is 3. The summed E-state index contributed by atoms with van der Waals surface area (Å²) in [5, 5.41) is 10.1. The molecule has 0 unspecified atom stereocenters. The van der Waals surface area contributed by atoms with Crippen LogP contribution in [0.5, 0.6) is 0 Å². The number of halogens is 1. The molecule has 1 aromatic carbocycles. The maximum atomic E-state index is 12.7. The van der Waals surface area contributed by atoms with Crippen molar-refractivity contribution in [3.63, 3.8) is 0 Å². The number of anilines is 1. The average molecular weight is 247 g/mol. The minimum atomic E-state index is -0.402. The number of carbonyl (C=O) groups is 1. The number of nitrogens with zero attached hydrogens (tertiary/aromatic N) is 2. The quantitative estimate of drug-likeness (QED) is 0.903. The Hall–Kier alpha value is -2.24. The lowest BCUT2D eigenvalue weighted by molar-refractivity contribution is 0.102. The van der Waals surface area contributed by atoms with Crippen LogP contribution in [0.2, 0.25) is 0 Å². The molecule has 0 spiro atoms. The third-order valence-electron chi connectivity index (χ3n) is 2.69. The predicted molar refractivity (Wildman–Crippen MR) is 60.6 cm³/mol. The number of nitrogens with one attached hydrogen (secondary N) is 1. The van der Waals surface area contributed by atoms with Crippen LogP contribution in [0.3, 0.4) is 0 Å². The number of aromatic nitrogens is 2. The molecule has 5 nitrogen and oxygen atoms in total. The van der Waals surface area contributed by atoms with Gasteiger partial charge in [0.15, 0.2) is 0 Å². The number of amides is 1. The highest BCUT2D eigenvalue weighted by Gasteiger charge is 2.29. The van der Waals surface area contributed by atoms with Crippen LogP contribution in [0.15, 0.2) is 28.7 Å². The fourth-order valence-electron chi connectivity index (χ4n) is 1.55. The van der Waals surface area contributed by atoms with Crippen molar-refractivity contribution < 1.29 is 13.6 Å². The van der Waals surface area contributed by atoms with Gasteiger partial charge in [0.05, 0.1) is 0 Å². The lowest BCUT2D eigenvalue weighted by Crippen LogP contribution is -2.12. The van der Waals surface area contributed by atoms with Crippen LogP contribution >= 0.6 is 0 Å². The van der Waals surface area contributed by atoms with Crippen molar-refractivity contribution in [1.29, 1.82) is 0 Å². The molecule has 92 valence electrons. The molecule has 1 aromatic heterocycles. The first kappa shape index (κ1) is 10.9. The van der Waals surface area contributed by atoms with Crippen molar-refractivity contribution in [3.05, 3.63) is 41.5 Å². The van der Waals surface area contributed by atoms with Crippen molar-refractivity contribution in [2.45, 2.75) is 18.8 Å². The molecule has 1 heterocycles. The summed E-state index contributed by atoms with van der Waals surface area (Å²) in [6.07, 6.45) is 2.10. The molecule has 6 heteroatoms. The molecule has 2 aromatic rings. The SMILES string of the molecule is O=C(Nc1nnc(C2CC2)o1)c1ccc(F)cc1. The monoisotopic (exact) mass is 247 g/mol. The molecule has 0 saturated heterocycles. The molecule has 0 atom stereocenters. The van der Waals surface area contributed by atoms with E-state index in [9.17, 15) is 9.18 Å². The van der Waals surface area contributed by atoms with E-state index < -0.39 is 5.91 Å². The Morgan fingerprint density at radius 3 is 2.67 bits per heavy atom. The van der Waals surface area contributed by atoms with Crippen LogP contribution in [0.1, 0.15) is 35.0 Å². The van der Waals surface area contributed by atoms with Crippen molar-refractivity contribution in [2.24, 2.45) is 0 Å². The van der Waals surface area contributed by atoms with Crippen LogP contribution in [0.4, 0.5) is 10.4 Å². The summed E-state index contributed by atoms with van der Waals surface area (Å²) in [4.78, 5) is 11.8. The van der Waals surface area contributed by atoms with Crippen LogP contribution in [0, 0.1) is 5.82 Å². The van der Waals surface area contributed by atoms with E-state index in [2.05, 4.69) is 15.5 Å². The largest absolute Gasteiger partial charge is 0.408 e. The van der Waals surface area contributed by atoms with Gasteiger partial charge in [0.25, 0.3) is 5.91 Å². The summed E-state index contributed by atoms with van der Waals surface area (Å²) < 4.78 is 18.0. The van der Waals surface area contributed by atoms with Crippen molar-refractivity contribution in [3.8, 4) is 0 Å². The van der Waals surface area contributed by atoms with Gasteiger partial charge in [-0.1, -0.05) is 5.10 Å². The van der Waals surface area contributed by atoms with Crippen LogP contribution in [0.25, 0.3) is 0 Å². The highest BCUT2D eigenvalue weighted by molar-refractivity contribution is 6.03. The van der Waals surface area contributed by atoms with Gasteiger partial charge in [0.2, 0.25) is 5.89 Å². The molecule has 1 fully saturated rings. The van der Waals surface area contributed by atoms with Crippen LogP contribution < -0.4 is 5.32 Å². The summed E-state index contributed by atoms with van der Waals surface area (Å²) in [6, 6.07) is 5.30. The van der Waals surface area contributed by atoms with Crippen molar-refractivity contribution in [2.75, 3.05) is 5.32 Å². The topological polar surface area (TPSA) is 68.0 Å². The zero-order chi connectivity index (χ0) is 12.5. The molecule has 1 aliphatic carbocycles. The Kier molecular flexibility index (Phi) is 2.55. The number of hydrogen-bond acceptors (Lipinski definition) is 4. The maximum Gasteiger partial charge on any atom is 0.322 e. The summed E-state index contributed by atoms with van der Waals surface area (Å²) in [5.74, 6) is 0.111. The Bertz CT molecular complexity index is 575. The van der Waals surface area contributed by atoms with Crippen molar-refractivity contribution >= 4 is 11.9 Å². The van der Waals surface area contributed by atoms with Gasteiger partial charge in [0, 0.05) is 11.5 Å². The maximum absolute atomic E-state index is 12.7. The molecule has 18 heavy (non-hydrogen) atoms. The standard InChI is InChI=1S/C12H10FN3O2/c13-9-5-3-7(4-6-9)10(17)14-12-16-15-11(18-12)8-1-2-8/h3-6,8H,1-2H2,(H,14,16,17). The van der Waals surface area contributed by atoms with E-state index in [-0.39, 0.29) is 11.8 Å². The second-order valence-electron chi connectivity index (χ2n) is 4.18. The van der Waals surface area contributed by atoms with Crippen molar-refractivity contribution in [1.82, 2.24) is 10.2 Å². The first-order valence-electron chi connectivity index (χ1n) is 5.63. The van der Waals surface area contributed by atoms with E-state index in [1.165, 1.54) is 24.3 Å². The fraction of sp³-hybridized carbons (Fsp3) is 0.250. The summed E-state index contributed by atoms with van der Waals surface area (Å²) >= 11 is 0. The first-order chi connectivity index (χ1) is 8.72. The van der Waals surface area contributed by atoms with Gasteiger partial charge < -0.3 is 4.42 Å². The Morgan fingerprint density at radius 1 is 1.28 bits per heavy atom. The lowest BCUT2D eigenvalue weighted by Gasteiger charge is -1.99. The van der Waals surface area contributed by atoms with Gasteiger partial charge in [-0.15, -0.1) is 5.10 Å². The van der Waals surface area contributed by atoms with Gasteiger partial charge in [0.1, 0.15) is 5.82 Å². The zero-order valence-corrected chi connectivity index (χ0v) is 9.39. The van der Waals surface area contributed by atoms with Gasteiger partial charge in [-0.3, -0.25) is 10.1 Å². The van der Waals surface area contributed by atoms with Crippen LogP contribution in [-0.2, 0) is 0 Å². The lowest BCUT2D eigenvalue weighted by atomic mass is 10.2. The van der Waals surface area contributed by atoms with E-state index in [1.807, 2.05) is 0 Å². The Morgan fingerprint density at radius 2 is 2.00 bits per heavy atom. The number of carbonyl (C=O) groups excluding carboxylic acids is 1. The number of benzene rings is 1. The normalized spacial score (nSPS) is 14.5. The minimum absolute atomic E-state index is 0.0752. The van der Waals surface area contributed by atoms with Gasteiger partial charge in [-0.25, -0.2) is 4.39 Å². The Balaban J connectivity index is 1.70. The molecule has 1 N–H and O–H groups in total. The minimum Gasteiger partial charge on any atom is -0.408 e. The zero-order valence-electron chi connectivity index (χ0n) is 9.39. The molecule has 1 aliphatic rings. The van der Waals surface area contributed by atoms with Gasteiger partial charge >= 0.3 is 6.01 Å². The average Bonchev–Trinajstić information content (AvgIpc) is 3.11. The third-order valence-corrected chi connectivity index (χ3v) is 2.69. The summed E-state index contributed by atoms with van der Waals surface area (Å²) in [6.45, 7) is 0. The molecule has 3 rings (SSSR count). The molecule has 0 radical (unpaired) electrons. The van der Waals surface area contributed by atoms with Gasteiger partial charge in [-0.05, 0) is 37.1 Å². The van der Waals surface area contributed by atoms with E-state index in [4.69, 9.17) is 4.42 Å². The van der Waals surface area contributed by atoms with E-state index in [1.54, 1.807) is 0 Å². The predicted octanol–water partition coefficient (Wildman–Crippen LogP) is 2.34. The fourth-order valence-corrected chi connectivity index (χ4v) is 1.55. The first-order valence-corrected chi connectivity index (χ1v) is 5.63. The molecule has 0 bridgehead atoms. The highest BCUT2D eigenvalue weighted by Crippen LogP contribution is 2.39. The molecular formula is C12H10FN3O2. The second kappa shape index (κ2) is 4.21. The number of hydrogen-bond donors (Lipinski definition) is 1. The Labute approximate surface area is 102 Å². The highest BCUT2D eigenvalue weighted by atomic mass is 19.1. The third kappa shape index (κ3) is 2.22. The molecular weight excluding hydrogens is 237 g/mol.